The normalized spacial score (nSPS) is 19.4. The van der Waals surface area contributed by atoms with Crippen LogP contribution in [0.2, 0.25) is 0 Å². The number of likely N-dealkylation sites (tertiary alicyclic amines) is 1. The lowest BCUT2D eigenvalue weighted by atomic mass is 10.0. The van der Waals surface area contributed by atoms with Gasteiger partial charge in [0.25, 0.3) is 0 Å². The van der Waals surface area contributed by atoms with Crippen molar-refractivity contribution in [3.63, 3.8) is 0 Å². The number of hydrogen-bond donors (Lipinski definition) is 2. The van der Waals surface area contributed by atoms with E-state index in [-0.39, 0.29) is 0 Å². The standard InChI is InChI=1S/C21H36N4O2/c1-16-8-6-7-13-25(16)17(2)15-24-21(22-3)23-12-11-18-9-10-19(26-4)20(14-18)27-5/h9-10,14,16-17H,6-8,11-13,15H2,1-5H3,(H2,22,23,24). The van der Waals surface area contributed by atoms with Crippen molar-refractivity contribution in [1.29, 1.82) is 0 Å². The number of ether oxygens (including phenoxy) is 2. The third-order valence-electron chi connectivity index (χ3n) is 5.36. The van der Waals surface area contributed by atoms with Gasteiger partial charge < -0.3 is 20.1 Å². The quantitative estimate of drug-likeness (QED) is 0.540. The van der Waals surface area contributed by atoms with Gasteiger partial charge in [0.15, 0.2) is 17.5 Å². The molecule has 1 aromatic carbocycles. The van der Waals surface area contributed by atoms with Crippen LogP contribution in [0.3, 0.4) is 0 Å². The number of methoxy groups -OCH3 is 2. The molecule has 0 saturated carbocycles. The molecule has 1 aliphatic heterocycles. The highest BCUT2D eigenvalue weighted by molar-refractivity contribution is 5.79. The largest absolute Gasteiger partial charge is 0.493 e. The zero-order valence-electron chi connectivity index (χ0n) is 17.5. The maximum Gasteiger partial charge on any atom is 0.191 e. The van der Waals surface area contributed by atoms with Gasteiger partial charge in [-0.05, 0) is 57.4 Å². The first-order valence-electron chi connectivity index (χ1n) is 10.00. The highest BCUT2D eigenvalue weighted by Gasteiger charge is 2.22. The van der Waals surface area contributed by atoms with Crippen LogP contribution < -0.4 is 20.1 Å². The molecule has 1 saturated heterocycles. The Bertz CT molecular complexity index is 606. The zero-order valence-corrected chi connectivity index (χ0v) is 17.5. The van der Waals surface area contributed by atoms with Crippen LogP contribution in [0, 0.1) is 0 Å². The van der Waals surface area contributed by atoms with Crippen LogP contribution in [0.4, 0.5) is 0 Å². The van der Waals surface area contributed by atoms with Gasteiger partial charge in [0.05, 0.1) is 14.2 Å². The topological polar surface area (TPSA) is 58.1 Å². The van der Waals surface area contributed by atoms with Gasteiger partial charge >= 0.3 is 0 Å². The number of hydrogen-bond acceptors (Lipinski definition) is 4. The van der Waals surface area contributed by atoms with Crippen LogP contribution in [0.25, 0.3) is 0 Å². The summed E-state index contributed by atoms with van der Waals surface area (Å²) in [6.45, 7) is 7.55. The van der Waals surface area contributed by atoms with Gasteiger partial charge in [0.2, 0.25) is 0 Å². The van der Waals surface area contributed by atoms with Crippen molar-refractivity contribution in [3.05, 3.63) is 23.8 Å². The number of nitrogens with one attached hydrogen (secondary N) is 2. The molecule has 1 aromatic rings. The van der Waals surface area contributed by atoms with E-state index in [0.717, 1.165) is 37.0 Å². The fourth-order valence-corrected chi connectivity index (χ4v) is 3.72. The van der Waals surface area contributed by atoms with Crippen molar-refractivity contribution in [2.45, 2.75) is 51.6 Å². The zero-order chi connectivity index (χ0) is 19.6. The minimum Gasteiger partial charge on any atom is -0.493 e. The van der Waals surface area contributed by atoms with Crippen molar-refractivity contribution >= 4 is 5.96 Å². The van der Waals surface area contributed by atoms with Crippen LogP contribution in [-0.4, -0.2) is 63.8 Å². The minimum absolute atomic E-state index is 0.504. The third kappa shape index (κ3) is 6.31. The monoisotopic (exact) mass is 376 g/mol. The number of rotatable bonds is 8. The average molecular weight is 377 g/mol. The van der Waals surface area contributed by atoms with Gasteiger partial charge in [-0.2, -0.15) is 0 Å². The summed E-state index contributed by atoms with van der Waals surface area (Å²) in [5.41, 5.74) is 1.20. The lowest BCUT2D eigenvalue weighted by Crippen LogP contribution is -2.50. The molecule has 0 amide bonds. The van der Waals surface area contributed by atoms with E-state index in [4.69, 9.17) is 9.47 Å². The number of aliphatic imine (C=N–C) groups is 1. The van der Waals surface area contributed by atoms with Crippen molar-refractivity contribution in [2.75, 3.05) is 40.9 Å². The van der Waals surface area contributed by atoms with Gasteiger partial charge in [-0.1, -0.05) is 12.5 Å². The molecule has 6 nitrogen and oxygen atoms in total. The second kappa shape index (κ2) is 11.0. The molecule has 0 spiro atoms. The van der Waals surface area contributed by atoms with Gasteiger partial charge in [-0.25, -0.2) is 0 Å². The van der Waals surface area contributed by atoms with Crippen LogP contribution in [-0.2, 0) is 6.42 Å². The van der Waals surface area contributed by atoms with E-state index in [9.17, 15) is 0 Å². The van der Waals surface area contributed by atoms with Gasteiger partial charge in [0, 0.05) is 32.2 Å². The third-order valence-corrected chi connectivity index (χ3v) is 5.36. The molecule has 152 valence electrons. The maximum absolute atomic E-state index is 5.37. The van der Waals surface area contributed by atoms with E-state index >= 15 is 0 Å². The second-order valence-corrected chi connectivity index (χ2v) is 7.25. The van der Waals surface area contributed by atoms with E-state index < -0.39 is 0 Å². The number of benzene rings is 1. The Morgan fingerprint density at radius 1 is 1.22 bits per heavy atom. The molecule has 0 aromatic heterocycles. The average Bonchev–Trinajstić information content (AvgIpc) is 2.70. The summed E-state index contributed by atoms with van der Waals surface area (Å²) >= 11 is 0. The molecule has 6 heteroatoms. The molecule has 2 unspecified atom stereocenters. The number of guanidine groups is 1. The summed E-state index contributed by atoms with van der Waals surface area (Å²) in [7, 11) is 5.14. The van der Waals surface area contributed by atoms with Gasteiger partial charge in [-0.15, -0.1) is 0 Å². The summed E-state index contributed by atoms with van der Waals surface area (Å²) < 4.78 is 10.7. The van der Waals surface area contributed by atoms with Gasteiger partial charge in [-0.3, -0.25) is 9.89 Å². The van der Waals surface area contributed by atoms with E-state index in [1.165, 1.54) is 31.4 Å². The molecule has 1 fully saturated rings. The van der Waals surface area contributed by atoms with E-state index in [1.54, 1.807) is 14.2 Å². The summed E-state index contributed by atoms with van der Waals surface area (Å²) in [4.78, 5) is 6.95. The Balaban J connectivity index is 1.77. The van der Waals surface area contributed by atoms with Crippen LogP contribution in [0.15, 0.2) is 23.2 Å². The van der Waals surface area contributed by atoms with E-state index in [1.807, 2.05) is 19.2 Å². The summed E-state index contributed by atoms with van der Waals surface area (Å²) in [6, 6.07) is 7.22. The molecule has 2 N–H and O–H groups in total. The predicted octanol–water partition coefficient (Wildman–Crippen LogP) is 2.67. The lowest BCUT2D eigenvalue weighted by Gasteiger charge is -2.38. The van der Waals surface area contributed by atoms with Crippen molar-refractivity contribution in [3.8, 4) is 11.5 Å². The van der Waals surface area contributed by atoms with Crippen LogP contribution >= 0.6 is 0 Å². The van der Waals surface area contributed by atoms with Crippen LogP contribution in [0.5, 0.6) is 11.5 Å². The molecule has 0 bridgehead atoms. The van der Waals surface area contributed by atoms with Crippen LogP contribution in [0.1, 0.15) is 38.7 Å². The number of piperidine rings is 1. The highest BCUT2D eigenvalue weighted by atomic mass is 16.5. The van der Waals surface area contributed by atoms with Crippen molar-refractivity contribution in [1.82, 2.24) is 15.5 Å². The van der Waals surface area contributed by atoms with Gasteiger partial charge in [0.1, 0.15) is 0 Å². The van der Waals surface area contributed by atoms with Crippen molar-refractivity contribution < 1.29 is 9.47 Å². The summed E-state index contributed by atoms with van der Waals surface area (Å²) in [6.07, 6.45) is 4.87. The molecule has 2 atom stereocenters. The lowest BCUT2D eigenvalue weighted by molar-refractivity contribution is 0.115. The SMILES string of the molecule is CN=C(NCCc1ccc(OC)c(OC)c1)NCC(C)N1CCCCC1C. The predicted molar refractivity (Wildman–Crippen MR) is 112 cm³/mol. The molecular weight excluding hydrogens is 340 g/mol. The molecule has 0 radical (unpaired) electrons. The summed E-state index contributed by atoms with van der Waals surface area (Å²) in [5, 5.41) is 6.87. The molecule has 0 aliphatic carbocycles. The maximum atomic E-state index is 5.37. The first kappa shape index (κ1) is 21.4. The molecular formula is C21H36N4O2. The van der Waals surface area contributed by atoms with E-state index in [0.29, 0.717) is 12.1 Å². The second-order valence-electron chi connectivity index (χ2n) is 7.25. The fraction of sp³-hybridized carbons (Fsp3) is 0.667. The first-order valence-corrected chi connectivity index (χ1v) is 10.00. The molecule has 2 rings (SSSR count). The van der Waals surface area contributed by atoms with E-state index in [2.05, 4.69) is 40.4 Å². The Morgan fingerprint density at radius 3 is 2.67 bits per heavy atom. The smallest absolute Gasteiger partial charge is 0.191 e. The molecule has 27 heavy (non-hydrogen) atoms. The number of nitrogens with zero attached hydrogens (tertiary/aromatic N) is 2. The minimum atomic E-state index is 0.504. The Morgan fingerprint density at radius 2 is 2.00 bits per heavy atom. The fourth-order valence-electron chi connectivity index (χ4n) is 3.72. The first-order chi connectivity index (χ1) is 13.1. The highest BCUT2D eigenvalue weighted by Crippen LogP contribution is 2.27. The Kier molecular flexibility index (Phi) is 8.72. The molecule has 1 heterocycles. The Labute approximate surface area is 164 Å². The Hall–Kier alpha value is -1.95. The molecule has 1 aliphatic rings. The van der Waals surface area contributed by atoms with Crippen molar-refractivity contribution in [2.24, 2.45) is 4.99 Å². The summed E-state index contributed by atoms with van der Waals surface area (Å²) in [5.74, 6) is 2.38.